The monoisotopic (exact) mass is 286 g/mol. The highest BCUT2D eigenvalue weighted by atomic mass is 19.1. The zero-order valence-electron chi connectivity index (χ0n) is 11.2. The van der Waals surface area contributed by atoms with Gasteiger partial charge in [-0.2, -0.15) is 0 Å². The Morgan fingerprint density at radius 2 is 1.90 bits per heavy atom. The third-order valence-corrected chi connectivity index (χ3v) is 2.95. The Hall–Kier alpha value is -1.73. The maximum absolute atomic E-state index is 13.7. The molecule has 1 heterocycles. The summed E-state index contributed by atoms with van der Waals surface area (Å²) in [6.07, 6.45) is 0. The lowest BCUT2D eigenvalue weighted by molar-refractivity contribution is -0.247. The van der Waals surface area contributed by atoms with Gasteiger partial charge in [-0.15, -0.1) is 0 Å². The van der Waals surface area contributed by atoms with Crippen molar-refractivity contribution in [2.45, 2.75) is 25.7 Å². The fourth-order valence-corrected chi connectivity index (χ4v) is 1.84. The van der Waals surface area contributed by atoms with E-state index in [2.05, 4.69) is 5.32 Å². The van der Waals surface area contributed by atoms with E-state index < -0.39 is 23.3 Å². The molecule has 0 unspecified atom stereocenters. The number of hydrogen-bond acceptors (Lipinski definition) is 4. The first kappa shape index (κ1) is 14.7. The van der Waals surface area contributed by atoms with Crippen molar-refractivity contribution in [2.75, 3.05) is 18.5 Å². The first-order valence-electron chi connectivity index (χ1n) is 6.12. The number of halogens is 2. The molecule has 0 saturated carbocycles. The van der Waals surface area contributed by atoms with Gasteiger partial charge in [0.15, 0.2) is 5.79 Å². The number of anilines is 1. The van der Waals surface area contributed by atoms with Crippen LogP contribution in [0.25, 0.3) is 0 Å². The lowest BCUT2D eigenvalue weighted by atomic mass is 10.1. The molecule has 1 aliphatic rings. The Balaban J connectivity index is 2.14. The SMILES string of the molecule is CC1(C)OCC(Nc2cc(C(N)=O)c(F)cc2F)CO1. The minimum absolute atomic E-state index is 0.0166. The molecule has 1 aliphatic heterocycles. The molecule has 3 N–H and O–H groups in total. The average Bonchev–Trinajstić information content (AvgIpc) is 2.34. The molecule has 1 saturated heterocycles. The van der Waals surface area contributed by atoms with Crippen molar-refractivity contribution in [1.29, 1.82) is 0 Å². The third-order valence-electron chi connectivity index (χ3n) is 2.95. The molecule has 1 aromatic rings. The minimum atomic E-state index is -0.988. The second kappa shape index (κ2) is 5.34. The predicted molar refractivity (Wildman–Crippen MR) is 68.3 cm³/mol. The summed E-state index contributed by atoms with van der Waals surface area (Å²) in [5, 5.41) is 2.81. The van der Waals surface area contributed by atoms with Crippen LogP contribution in [0.1, 0.15) is 24.2 Å². The van der Waals surface area contributed by atoms with Crippen LogP contribution in [0.3, 0.4) is 0 Å². The zero-order chi connectivity index (χ0) is 14.9. The van der Waals surface area contributed by atoms with E-state index in [1.807, 2.05) is 0 Å². The van der Waals surface area contributed by atoms with Gasteiger partial charge < -0.3 is 20.5 Å². The van der Waals surface area contributed by atoms with Gasteiger partial charge in [0.25, 0.3) is 5.91 Å². The zero-order valence-corrected chi connectivity index (χ0v) is 11.2. The number of ether oxygens (including phenoxy) is 2. The summed E-state index contributed by atoms with van der Waals surface area (Å²) in [5.74, 6) is -3.43. The summed E-state index contributed by atoms with van der Waals surface area (Å²) in [6, 6.07) is 1.37. The second-order valence-corrected chi connectivity index (χ2v) is 5.04. The van der Waals surface area contributed by atoms with Crippen LogP contribution in [0, 0.1) is 11.6 Å². The van der Waals surface area contributed by atoms with Gasteiger partial charge in [-0.1, -0.05) is 0 Å². The predicted octanol–water partition coefficient (Wildman–Crippen LogP) is 1.63. The van der Waals surface area contributed by atoms with Crippen LogP contribution in [-0.4, -0.2) is 30.9 Å². The fourth-order valence-electron chi connectivity index (χ4n) is 1.84. The van der Waals surface area contributed by atoms with Crippen LogP contribution in [0.15, 0.2) is 12.1 Å². The van der Waals surface area contributed by atoms with Crippen LogP contribution >= 0.6 is 0 Å². The molecular weight excluding hydrogens is 270 g/mol. The minimum Gasteiger partial charge on any atom is -0.375 e. The Labute approximate surface area is 115 Å². The number of amides is 1. The number of nitrogens with two attached hydrogens (primary N) is 1. The number of carbonyl (C=O) groups excluding carboxylic acids is 1. The smallest absolute Gasteiger partial charge is 0.251 e. The summed E-state index contributed by atoms with van der Waals surface area (Å²) in [7, 11) is 0. The molecule has 0 atom stereocenters. The number of rotatable bonds is 3. The van der Waals surface area contributed by atoms with Crippen LogP contribution in [0.4, 0.5) is 14.5 Å². The van der Waals surface area contributed by atoms with Crippen molar-refractivity contribution in [3.8, 4) is 0 Å². The maximum atomic E-state index is 13.7. The van der Waals surface area contributed by atoms with Gasteiger partial charge in [-0.3, -0.25) is 4.79 Å². The average molecular weight is 286 g/mol. The van der Waals surface area contributed by atoms with E-state index in [1.54, 1.807) is 13.8 Å². The topological polar surface area (TPSA) is 73.6 Å². The van der Waals surface area contributed by atoms with Gasteiger partial charge in [-0.25, -0.2) is 8.78 Å². The van der Waals surface area contributed by atoms with E-state index in [0.29, 0.717) is 19.3 Å². The van der Waals surface area contributed by atoms with Crippen molar-refractivity contribution < 1.29 is 23.0 Å². The Morgan fingerprint density at radius 1 is 1.30 bits per heavy atom. The highest BCUT2D eigenvalue weighted by molar-refractivity contribution is 5.94. The highest BCUT2D eigenvalue weighted by Gasteiger charge is 2.28. The summed E-state index contributed by atoms with van der Waals surface area (Å²) in [4.78, 5) is 11.0. The van der Waals surface area contributed by atoms with Gasteiger partial charge in [0.2, 0.25) is 0 Å². The molecule has 0 spiro atoms. The number of hydrogen-bond donors (Lipinski definition) is 2. The molecule has 110 valence electrons. The molecule has 7 heteroatoms. The maximum Gasteiger partial charge on any atom is 0.251 e. The number of primary amides is 1. The largest absolute Gasteiger partial charge is 0.375 e. The third kappa shape index (κ3) is 3.23. The first-order valence-corrected chi connectivity index (χ1v) is 6.12. The molecule has 0 radical (unpaired) electrons. The molecule has 0 bridgehead atoms. The lowest BCUT2D eigenvalue weighted by Crippen LogP contribution is -2.45. The quantitative estimate of drug-likeness (QED) is 0.885. The second-order valence-electron chi connectivity index (χ2n) is 5.04. The van der Waals surface area contributed by atoms with E-state index in [0.717, 1.165) is 6.07 Å². The van der Waals surface area contributed by atoms with Gasteiger partial charge >= 0.3 is 0 Å². The number of benzene rings is 1. The Kier molecular flexibility index (Phi) is 3.92. The van der Waals surface area contributed by atoms with E-state index in [4.69, 9.17) is 15.2 Å². The highest BCUT2D eigenvalue weighted by Crippen LogP contribution is 2.23. The van der Waals surface area contributed by atoms with Crippen LogP contribution in [0.5, 0.6) is 0 Å². The molecule has 0 aromatic heterocycles. The molecule has 2 rings (SSSR count). The Morgan fingerprint density at radius 3 is 2.45 bits per heavy atom. The van der Waals surface area contributed by atoms with Gasteiger partial charge in [0.1, 0.15) is 11.6 Å². The summed E-state index contributed by atoms with van der Waals surface area (Å²) >= 11 is 0. The molecular formula is C13H16F2N2O3. The lowest BCUT2D eigenvalue weighted by Gasteiger charge is -2.35. The van der Waals surface area contributed by atoms with Gasteiger partial charge in [0, 0.05) is 6.07 Å². The number of nitrogens with one attached hydrogen (secondary N) is 1. The van der Waals surface area contributed by atoms with E-state index >= 15 is 0 Å². The molecule has 1 amide bonds. The summed E-state index contributed by atoms with van der Waals surface area (Å²) in [6.45, 7) is 4.14. The molecule has 0 aliphatic carbocycles. The van der Waals surface area contributed by atoms with E-state index in [9.17, 15) is 13.6 Å². The molecule has 1 aromatic carbocycles. The summed E-state index contributed by atoms with van der Waals surface area (Å²) in [5.41, 5.74) is 4.64. The standard InChI is InChI=1S/C13H16F2N2O3/c1-13(2)19-5-7(6-20-13)17-11-3-8(12(16)18)9(14)4-10(11)15/h3-4,7,17H,5-6H2,1-2H3,(H2,16,18). The normalized spacial score (nSPS) is 18.8. The number of carbonyl (C=O) groups is 1. The van der Waals surface area contributed by atoms with Crippen molar-refractivity contribution in [2.24, 2.45) is 5.73 Å². The molecule has 1 fully saturated rings. The summed E-state index contributed by atoms with van der Waals surface area (Å²) < 4.78 is 37.8. The van der Waals surface area contributed by atoms with E-state index in [1.165, 1.54) is 0 Å². The Bertz CT molecular complexity index is 525. The van der Waals surface area contributed by atoms with Crippen molar-refractivity contribution in [3.63, 3.8) is 0 Å². The first-order chi connectivity index (χ1) is 9.28. The molecule has 5 nitrogen and oxygen atoms in total. The van der Waals surface area contributed by atoms with E-state index in [-0.39, 0.29) is 17.3 Å². The fraction of sp³-hybridized carbons (Fsp3) is 0.462. The van der Waals surface area contributed by atoms with Crippen molar-refractivity contribution in [3.05, 3.63) is 29.3 Å². The van der Waals surface area contributed by atoms with Crippen molar-refractivity contribution in [1.82, 2.24) is 0 Å². The van der Waals surface area contributed by atoms with Gasteiger partial charge in [-0.05, 0) is 19.9 Å². The van der Waals surface area contributed by atoms with Crippen LogP contribution in [-0.2, 0) is 9.47 Å². The van der Waals surface area contributed by atoms with Crippen molar-refractivity contribution >= 4 is 11.6 Å². The van der Waals surface area contributed by atoms with Gasteiger partial charge in [0.05, 0.1) is 30.5 Å². The molecule has 20 heavy (non-hydrogen) atoms. The van der Waals surface area contributed by atoms with Crippen LogP contribution < -0.4 is 11.1 Å². The van der Waals surface area contributed by atoms with Crippen LogP contribution in [0.2, 0.25) is 0 Å².